The number of carbonyl (C=O) groups excluding carboxylic acids is 4. The van der Waals surface area contributed by atoms with Gasteiger partial charge in [0, 0.05) is 82.0 Å². The second-order valence-electron chi connectivity index (χ2n) is 13.9. The summed E-state index contributed by atoms with van der Waals surface area (Å²) in [6, 6.07) is 21.0. The molecule has 6 N–H and O–H groups in total. The maximum atomic E-state index is 14.1. The number of nitrogens with one attached hydrogen (secondary N) is 4. The normalized spacial score (nSPS) is 21.8. The molecular weight excluding hydrogens is 697 g/mol. The third-order valence-electron chi connectivity index (χ3n) is 9.61. The maximum absolute atomic E-state index is 14.1. The highest BCUT2D eigenvalue weighted by Gasteiger charge is 2.31. The second-order valence-corrected chi connectivity index (χ2v) is 16.1. The van der Waals surface area contributed by atoms with Crippen molar-refractivity contribution in [2.75, 3.05) is 69.8 Å². The molecule has 1 saturated heterocycles. The average Bonchev–Trinajstić information content (AvgIpc) is 3.12. The van der Waals surface area contributed by atoms with E-state index in [0.717, 1.165) is 15.4 Å². The van der Waals surface area contributed by atoms with Gasteiger partial charge in [-0.05, 0) is 53.8 Å². The van der Waals surface area contributed by atoms with E-state index in [0.29, 0.717) is 48.7 Å². The number of anilines is 2. The lowest BCUT2D eigenvalue weighted by Gasteiger charge is -2.33. The first kappa shape index (κ1) is 39.3. The van der Waals surface area contributed by atoms with Gasteiger partial charge in [-0.15, -0.1) is 0 Å². The van der Waals surface area contributed by atoms with Crippen LogP contribution >= 0.6 is 0 Å². The Balaban J connectivity index is 1.42. The van der Waals surface area contributed by atoms with E-state index in [-0.39, 0.29) is 68.2 Å². The molecule has 0 saturated carbocycles. The summed E-state index contributed by atoms with van der Waals surface area (Å²) >= 11 is 0. The van der Waals surface area contributed by atoms with Gasteiger partial charge in [0.2, 0.25) is 27.7 Å². The van der Waals surface area contributed by atoms with Crippen LogP contribution in [0.15, 0.2) is 72.8 Å². The Morgan fingerprint density at radius 2 is 1.28 bits per heavy atom. The van der Waals surface area contributed by atoms with Gasteiger partial charge in [0.05, 0.1) is 18.8 Å². The highest BCUT2D eigenvalue weighted by atomic mass is 32.2. The zero-order chi connectivity index (χ0) is 38.1. The van der Waals surface area contributed by atoms with Crippen molar-refractivity contribution in [2.24, 2.45) is 17.6 Å². The van der Waals surface area contributed by atoms with Crippen LogP contribution in [0.5, 0.6) is 0 Å². The molecule has 6 aliphatic heterocycles. The molecule has 282 valence electrons. The number of Topliss-reactive ketones (excluding diaryl/α,β-unsaturated/α-hetero) is 1. The summed E-state index contributed by atoms with van der Waals surface area (Å²) < 4.78 is 27.3. The van der Waals surface area contributed by atoms with Crippen LogP contribution < -0.4 is 21.7 Å². The van der Waals surface area contributed by atoms with Crippen LogP contribution in [0.25, 0.3) is 0 Å². The van der Waals surface area contributed by atoms with Crippen LogP contribution in [0.3, 0.4) is 0 Å². The van der Waals surface area contributed by atoms with E-state index in [1.165, 1.54) is 14.1 Å². The number of amidine groups is 1. The molecule has 53 heavy (non-hydrogen) atoms. The van der Waals surface area contributed by atoms with E-state index in [4.69, 9.17) is 11.1 Å². The minimum Gasteiger partial charge on any atom is -0.384 e. The van der Waals surface area contributed by atoms with Gasteiger partial charge in [-0.25, -0.2) is 12.7 Å². The molecule has 0 aromatic heterocycles. The molecule has 14 nitrogen and oxygen atoms in total. The number of rotatable bonds is 7. The number of sulfonamides is 1. The first-order valence-corrected chi connectivity index (χ1v) is 19.2. The van der Waals surface area contributed by atoms with Gasteiger partial charge in [0.1, 0.15) is 11.6 Å². The summed E-state index contributed by atoms with van der Waals surface area (Å²) in [4.78, 5) is 57.7. The predicted octanol–water partition coefficient (Wildman–Crippen LogP) is 1.66. The Kier molecular flexibility index (Phi) is 13.1. The van der Waals surface area contributed by atoms with Crippen LogP contribution in [0.1, 0.15) is 28.7 Å². The van der Waals surface area contributed by atoms with Crippen LogP contribution in [0.4, 0.5) is 11.4 Å². The molecule has 0 radical (unpaired) electrons. The SMILES string of the molecule is CN(C)S(=O)(=O)C[C@@H]1Cc2ccc(cc2)NC(=O)CN2CCN(CC2)CC(=O)Nc2ccc(cc2)C[C@@H](C(=O)NCc2ccc(C(=N)N)cc2)CC1=O. The molecule has 3 aromatic carbocycles. The van der Waals surface area contributed by atoms with Gasteiger partial charge < -0.3 is 21.7 Å². The molecule has 6 heterocycles. The molecule has 3 amide bonds. The van der Waals surface area contributed by atoms with Gasteiger partial charge in [-0.2, -0.15) is 0 Å². The zero-order valence-corrected chi connectivity index (χ0v) is 31.0. The molecule has 2 atom stereocenters. The summed E-state index contributed by atoms with van der Waals surface area (Å²) in [5.41, 5.74) is 9.55. The number of nitrogens with two attached hydrogens (primary N) is 1. The fourth-order valence-electron chi connectivity index (χ4n) is 6.40. The molecule has 3 aromatic rings. The number of ketones is 1. The summed E-state index contributed by atoms with van der Waals surface area (Å²) in [6.07, 6.45) is 0.109. The average molecular weight is 745 g/mol. The van der Waals surface area contributed by atoms with Crippen molar-refractivity contribution in [3.63, 3.8) is 0 Å². The lowest BCUT2D eigenvalue weighted by atomic mass is 9.87. The topological polar surface area (TPSA) is 198 Å². The zero-order valence-electron chi connectivity index (χ0n) is 30.1. The first-order valence-electron chi connectivity index (χ1n) is 17.6. The lowest BCUT2D eigenvalue weighted by Crippen LogP contribution is -2.50. The predicted molar refractivity (Wildman–Crippen MR) is 204 cm³/mol. The summed E-state index contributed by atoms with van der Waals surface area (Å²) in [6.45, 7) is 3.15. The van der Waals surface area contributed by atoms with Crippen molar-refractivity contribution >= 4 is 50.7 Å². The van der Waals surface area contributed by atoms with E-state index in [1.807, 2.05) is 9.80 Å². The lowest BCUT2D eigenvalue weighted by molar-refractivity contribution is -0.130. The molecule has 1 fully saturated rings. The first-order chi connectivity index (χ1) is 25.2. The van der Waals surface area contributed by atoms with E-state index in [9.17, 15) is 27.6 Å². The van der Waals surface area contributed by atoms with Crippen molar-refractivity contribution in [2.45, 2.75) is 25.8 Å². The number of benzene rings is 3. The number of hydrogen-bond acceptors (Lipinski definition) is 9. The Labute approximate surface area is 310 Å². The van der Waals surface area contributed by atoms with Gasteiger partial charge in [-0.1, -0.05) is 48.5 Å². The quantitative estimate of drug-likeness (QED) is 0.177. The van der Waals surface area contributed by atoms with Gasteiger partial charge in [0.25, 0.3) is 0 Å². The van der Waals surface area contributed by atoms with Crippen molar-refractivity contribution in [1.29, 1.82) is 5.41 Å². The molecule has 0 unspecified atom stereocenters. The number of hydrogen-bond donors (Lipinski definition) is 5. The van der Waals surface area contributed by atoms with Crippen LogP contribution in [-0.4, -0.2) is 111 Å². The number of nitrogen functional groups attached to an aromatic ring is 1. The Morgan fingerprint density at radius 3 is 1.75 bits per heavy atom. The highest BCUT2D eigenvalue weighted by Crippen LogP contribution is 2.23. The fourth-order valence-corrected chi connectivity index (χ4v) is 7.51. The maximum Gasteiger partial charge on any atom is 0.238 e. The van der Waals surface area contributed by atoms with E-state index in [2.05, 4.69) is 16.0 Å². The monoisotopic (exact) mass is 744 g/mol. The number of carbonyl (C=O) groups is 4. The van der Waals surface area contributed by atoms with Gasteiger partial charge >= 0.3 is 0 Å². The Bertz CT molecular complexity index is 1890. The van der Waals surface area contributed by atoms with Crippen LogP contribution in [0, 0.1) is 17.2 Å². The molecule has 9 rings (SSSR count). The molecular formula is C38H48N8O6S. The molecule has 6 aliphatic rings. The third kappa shape index (κ3) is 11.5. The summed E-state index contributed by atoms with van der Waals surface area (Å²) in [5, 5.41) is 16.4. The van der Waals surface area contributed by atoms with Crippen LogP contribution in [0.2, 0.25) is 0 Å². The van der Waals surface area contributed by atoms with Crippen molar-refractivity contribution < 1.29 is 27.6 Å². The number of amides is 3. The minimum absolute atomic E-state index is 0.0682. The van der Waals surface area contributed by atoms with Crippen molar-refractivity contribution in [3.05, 3.63) is 95.1 Å². The second kappa shape index (κ2) is 17.7. The molecule has 0 spiro atoms. The number of piperazine rings is 1. The van der Waals surface area contributed by atoms with Crippen molar-refractivity contribution in [3.8, 4) is 0 Å². The van der Waals surface area contributed by atoms with Crippen molar-refractivity contribution in [1.82, 2.24) is 19.4 Å². The Morgan fingerprint density at radius 1 is 0.792 bits per heavy atom. The summed E-state index contributed by atoms with van der Waals surface area (Å²) in [7, 11) is -0.956. The molecule has 0 aliphatic carbocycles. The largest absolute Gasteiger partial charge is 0.384 e. The summed E-state index contributed by atoms with van der Waals surface area (Å²) in [5.74, 6) is -3.36. The van der Waals surface area contributed by atoms with E-state index >= 15 is 0 Å². The smallest absolute Gasteiger partial charge is 0.238 e. The number of fused-ring (bicyclic) bond motifs is 1. The third-order valence-corrected chi connectivity index (χ3v) is 11.5. The number of nitrogens with zero attached hydrogens (tertiary/aromatic N) is 3. The van der Waals surface area contributed by atoms with Crippen LogP contribution in [-0.2, 0) is 48.6 Å². The minimum atomic E-state index is -3.79. The standard InChI is InChI=1S/C38H48N8O6S/c1-44(2)53(51,52)25-31-20-27-7-13-33(14-8-27)43-36(49)24-46-17-15-45(16-18-46)23-35(48)42-32-11-5-26(6-12-32)19-30(21-34(31)47)38(50)41-22-28-3-9-29(10-4-28)37(39)40/h3-14,30-31H,15-25H2,1-2H3,(H3,39,40)(H,41,50)(H,42,48)(H,43,49)/t30-,31+/m1/s1. The molecule has 6 bridgehead atoms. The Hall–Kier alpha value is -4.96. The van der Waals surface area contributed by atoms with E-state index < -0.39 is 27.6 Å². The van der Waals surface area contributed by atoms with E-state index in [1.54, 1.807) is 72.8 Å². The van der Waals surface area contributed by atoms with Gasteiger partial charge in [-0.3, -0.25) is 34.4 Å². The highest BCUT2D eigenvalue weighted by molar-refractivity contribution is 7.89. The molecule has 15 heteroatoms. The fraction of sp³-hybridized carbons (Fsp3) is 0.395. The van der Waals surface area contributed by atoms with Gasteiger partial charge in [0.15, 0.2) is 0 Å².